The van der Waals surface area contributed by atoms with Crippen molar-refractivity contribution in [3.05, 3.63) is 85.7 Å². The molecular weight excluding hydrogens is 413 g/mol. The summed E-state index contributed by atoms with van der Waals surface area (Å²) in [4.78, 5) is 21.0. The fraction of sp³-hybridized carbons (Fsp3) is 0.143. The smallest absolute Gasteiger partial charge is 0.260 e. The molecule has 4 rings (SSSR count). The predicted octanol–water partition coefficient (Wildman–Crippen LogP) is 5.81. The fourth-order valence-electron chi connectivity index (χ4n) is 3.10. The highest BCUT2D eigenvalue weighted by atomic mass is 35.5. The molecule has 4 aromatic rings. The maximum atomic E-state index is 12.7. The van der Waals surface area contributed by atoms with Crippen LogP contribution in [0.25, 0.3) is 21.3 Å². The summed E-state index contributed by atoms with van der Waals surface area (Å²) in [7, 11) is 0. The highest BCUT2D eigenvalue weighted by Crippen LogP contribution is 2.34. The highest BCUT2D eigenvalue weighted by molar-refractivity contribution is 7.17. The Bertz CT molecular complexity index is 1200. The molecule has 0 saturated carbocycles. The van der Waals surface area contributed by atoms with E-state index in [1.54, 1.807) is 0 Å². The van der Waals surface area contributed by atoms with Gasteiger partial charge in [-0.1, -0.05) is 53.5 Å². The van der Waals surface area contributed by atoms with E-state index in [0.717, 1.165) is 16.7 Å². The van der Waals surface area contributed by atoms with Gasteiger partial charge in [-0.25, -0.2) is 4.98 Å². The molecule has 2 heterocycles. The van der Waals surface area contributed by atoms with Crippen LogP contribution in [-0.4, -0.2) is 9.97 Å². The number of fused-ring (bicyclic) bond motifs is 1. The van der Waals surface area contributed by atoms with Gasteiger partial charge in [0.15, 0.2) is 0 Å². The lowest BCUT2D eigenvalue weighted by Gasteiger charge is -2.14. The number of hydrogen-bond donors (Lipinski definition) is 2. The molecule has 2 N–H and O–H groups in total. The van der Waals surface area contributed by atoms with E-state index in [1.165, 1.54) is 11.3 Å². The minimum absolute atomic E-state index is 0.0710. The van der Waals surface area contributed by atoms with E-state index in [0.29, 0.717) is 32.6 Å². The molecule has 0 bridgehead atoms. The SMILES string of the molecule is C[C@H](NCc1nc2scc(-c3ccccc3Cl)c2c(=O)[nH]1)c1cccc(Cl)c1. The number of halogens is 2. The molecule has 142 valence electrons. The molecule has 2 aromatic heterocycles. The third kappa shape index (κ3) is 3.84. The molecule has 1 atom stereocenters. The minimum atomic E-state index is -0.159. The average molecular weight is 430 g/mol. The van der Waals surface area contributed by atoms with Crippen LogP contribution in [0.5, 0.6) is 0 Å². The first-order valence-corrected chi connectivity index (χ1v) is 10.4. The van der Waals surface area contributed by atoms with Crippen LogP contribution in [-0.2, 0) is 6.54 Å². The summed E-state index contributed by atoms with van der Waals surface area (Å²) in [6, 6.07) is 15.3. The first kappa shape index (κ1) is 19.2. The van der Waals surface area contributed by atoms with Gasteiger partial charge in [0, 0.05) is 32.6 Å². The predicted molar refractivity (Wildman–Crippen MR) is 117 cm³/mol. The number of aromatic nitrogens is 2. The fourth-order valence-corrected chi connectivity index (χ4v) is 4.49. The Morgan fingerprint density at radius 1 is 1.14 bits per heavy atom. The van der Waals surface area contributed by atoms with Crippen LogP contribution in [0.1, 0.15) is 24.4 Å². The summed E-state index contributed by atoms with van der Waals surface area (Å²) in [6.07, 6.45) is 0. The minimum Gasteiger partial charge on any atom is -0.309 e. The number of benzene rings is 2. The standard InChI is InChI=1S/C21H17Cl2N3OS/c1-12(13-5-4-6-14(22)9-13)24-10-18-25-20(27)19-16(11-28-21(19)26-18)15-7-2-3-8-17(15)23/h2-9,11-12,24H,10H2,1H3,(H,25,26,27)/t12-/m0/s1. The van der Waals surface area contributed by atoms with E-state index in [1.807, 2.05) is 60.8 Å². The molecular formula is C21H17Cl2N3OS. The molecule has 0 fully saturated rings. The summed E-state index contributed by atoms with van der Waals surface area (Å²) < 4.78 is 0. The van der Waals surface area contributed by atoms with Crippen molar-refractivity contribution < 1.29 is 0 Å². The lowest BCUT2D eigenvalue weighted by Crippen LogP contribution is -2.22. The van der Waals surface area contributed by atoms with Crippen molar-refractivity contribution in [2.45, 2.75) is 19.5 Å². The normalized spacial score (nSPS) is 12.4. The Morgan fingerprint density at radius 3 is 2.75 bits per heavy atom. The zero-order chi connectivity index (χ0) is 19.7. The van der Waals surface area contributed by atoms with Crippen molar-refractivity contribution in [1.29, 1.82) is 0 Å². The van der Waals surface area contributed by atoms with Crippen LogP contribution in [0.4, 0.5) is 0 Å². The molecule has 0 radical (unpaired) electrons. The summed E-state index contributed by atoms with van der Waals surface area (Å²) in [5, 5.41) is 7.19. The molecule has 0 unspecified atom stereocenters. The second kappa shape index (κ2) is 8.05. The molecule has 2 aromatic carbocycles. The monoisotopic (exact) mass is 429 g/mol. The molecule has 0 spiro atoms. The quantitative estimate of drug-likeness (QED) is 0.420. The number of aromatic amines is 1. The number of nitrogens with one attached hydrogen (secondary N) is 2. The number of H-pyrrole nitrogens is 1. The topological polar surface area (TPSA) is 57.8 Å². The maximum absolute atomic E-state index is 12.7. The molecule has 0 aliphatic rings. The van der Waals surface area contributed by atoms with Crippen molar-refractivity contribution >= 4 is 44.8 Å². The summed E-state index contributed by atoms with van der Waals surface area (Å²) in [6.45, 7) is 2.49. The Kier molecular flexibility index (Phi) is 5.51. The first-order valence-electron chi connectivity index (χ1n) is 8.77. The summed E-state index contributed by atoms with van der Waals surface area (Å²) in [5.74, 6) is 0.596. The van der Waals surface area contributed by atoms with Crippen LogP contribution < -0.4 is 10.9 Å². The van der Waals surface area contributed by atoms with Gasteiger partial charge >= 0.3 is 0 Å². The molecule has 0 aliphatic carbocycles. The van der Waals surface area contributed by atoms with Crippen LogP contribution in [0, 0.1) is 0 Å². The van der Waals surface area contributed by atoms with Crippen LogP contribution in [0.3, 0.4) is 0 Å². The van der Waals surface area contributed by atoms with E-state index in [9.17, 15) is 4.79 Å². The van der Waals surface area contributed by atoms with Gasteiger partial charge in [-0.3, -0.25) is 4.79 Å². The van der Waals surface area contributed by atoms with Gasteiger partial charge < -0.3 is 10.3 Å². The molecule has 0 aliphatic heterocycles. The van der Waals surface area contributed by atoms with Gasteiger partial charge in [-0.05, 0) is 30.7 Å². The van der Waals surface area contributed by atoms with Gasteiger partial charge in [-0.2, -0.15) is 0 Å². The van der Waals surface area contributed by atoms with E-state index in [-0.39, 0.29) is 11.6 Å². The largest absolute Gasteiger partial charge is 0.309 e. The van der Waals surface area contributed by atoms with Crippen molar-refractivity contribution in [2.75, 3.05) is 0 Å². The highest BCUT2D eigenvalue weighted by Gasteiger charge is 2.15. The van der Waals surface area contributed by atoms with Crippen LogP contribution >= 0.6 is 34.5 Å². The zero-order valence-electron chi connectivity index (χ0n) is 15.0. The Morgan fingerprint density at radius 2 is 1.96 bits per heavy atom. The van der Waals surface area contributed by atoms with Gasteiger partial charge in [0.25, 0.3) is 5.56 Å². The second-order valence-electron chi connectivity index (χ2n) is 6.48. The van der Waals surface area contributed by atoms with E-state index < -0.39 is 0 Å². The molecule has 28 heavy (non-hydrogen) atoms. The number of hydrogen-bond acceptors (Lipinski definition) is 4. The summed E-state index contributed by atoms with van der Waals surface area (Å²) >= 11 is 13.8. The van der Waals surface area contributed by atoms with Gasteiger partial charge in [0.05, 0.1) is 11.9 Å². The maximum Gasteiger partial charge on any atom is 0.260 e. The lowest BCUT2D eigenvalue weighted by molar-refractivity contribution is 0.560. The van der Waals surface area contributed by atoms with Crippen molar-refractivity contribution in [3.63, 3.8) is 0 Å². The first-order chi connectivity index (χ1) is 13.5. The molecule has 0 saturated heterocycles. The Hall–Kier alpha value is -2.18. The summed E-state index contributed by atoms with van der Waals surface area (Å²) in [5.41, 5.74) is 2.57. The number of nitrogens with zero attached hydrogens (tertiary/aromatic N) is 1. The molecule has 0 amide bonds. The number of thiophene rings is 1. The van der Waals surface area contributed by atoms with Gasteiger partial charge in [0.1, 0.15) is 10.7 Å². The van der Waals surface area contributed by atoms with Gasteiger partial charge in [-0.15, -0.1) is 11.3 Å². The van der Waals surface area contributed by atoms with E-state index in [4.69, 9.17) is 23.2 Å². The Labute approximate surface area is 176 Å². The second-order valence-corrected chi connectivity index (χ2v) is 8.18. The van der Waals surface area contributed by atoms with Crippen LogP contribution in [0.2, 0.25) is 10.0 Å². The lowest BCUT2D eigenvalue weighted by atomic mass is 10.1. The Balaban J connectivity index is 1.60. The van der Waals surface area contributed by atoms with E-state index in [2.05, 4.69) is 15.3 Å². The third-order valence-corrected chi connectivity index (χ3v) is 6.02. The van der Waals surface area contributed by atoms with Crippen molar-refractivity contribution in [3.8, 4) is 11.1 Å². The molecule has 7 heteroatoms. The molecule has 4 nitrogen and oxygen atoms in total. The van der Waals surface area contributed by atoms with Crippen LogP contribution in [0.15, 0.2) is 58.7 Å². The van der Waals surface area contributed by atoms with Crippen molar-refractivity contribution in [1.82, 2.24) is 15.3 Å². The van der Waals surface area contributed by atoms with E-state index >= 15 is 0 Å². The van der Waals surface area contributed by atoms with Crippen molar-refractivity contribution in [2.24, 2.45) is 0 Å². The average Bonchev–Trinajstić information content (AvgIpc) is 3.11. The zero-order valence-corrected chi connectivity index (χ0v) is 17.3. The third-order valence-electron chi connectivity index (χ3n) is 4.58. The number of rotatable bonds is 5. The van der Waals surface area contributed by atoms with Gasteiger partial charge in [0.2, 0.25) is 0 Å².